The predicted octanol–water partition coefficient (Wildman–Crippen LogP) is -1.18. The van der Waals surface area contributed by atoms with Crippen LogP contribution in [-0.2, 0) is 54.4 Å². The van der Waals surface area contributed by atoms with Gasteiger partial charge in [-0.1, -0.05) is 50.6 Å². The van der Waals surface area contributed by atoms with Gasteiger partial charge in [0.1, 0.15) is 31.3 Å². The Morgan fingerprint density at radius 2 is 1.50 bits per heavy atom. The predicted molar refractivity (Wildman–Crippen MR) is 168 cm³/mol. The summed E-state index contributed by atoms with van der Waals surface area (Å²) in [4.78, 5) is 100. The van der Waals surface area contributed by atoms with Gasteiger partial charge in [0, 0.05) is 6.42 Å². The standard InChI is InChI=1S/C31H43N5O14/c1-5-16(3)22(34-31(47)49-15-18-10-8-7-9-11-18)27(43)32-19(12-13-20(38)39)26(42)33-23(17(4)37)28(44)35-36(14-21(40)41)29(45)24-25(50-24)30(46)48-6-2/h7-11,16-17,19,22-25,37H,5-6,12-15H2,1-4H3,(H,32,43)(H,33,42)(H,34,47)(H,35,44)(H,38,39)(H,40,41)/t16?,17?,19?,22?,23?,24-,25-/m1/s1. The topological polar surface area (TPSA) is 280 Å². The molecule has 1 aromatic carbocycles. The minimum Gasteiger partial charge on any atom is -0.481 e. The molecule has 1 saturated heterocycles. The molecule has 19 nitrogen and oxygen atoms in total. The fourth-order valence-electron chi connectivity index (χ4n) is 4.42. The molecular formula is C31H43N5O14. The summed E-state index contributed by atoms with van der Waals surface area (Å²) in [5.41, 5.74) is 2.66. The number of hydrogen-bond donors (Lipinski definition) is 7. The van der Waals surface area contributed by atoms with E-state index in [0.29, 0.717) is 17.0 Å². The van der Waals surface area contributed by atoms with Gasteiger partial charge in [-0.2, -0.15) is 0 Å². The van der Waals surface area contributed by atoms with Crippen molar-refractivity contribution in [1.29, 1.82) is 0 Å². The summed E-state index contributed by atoms with van der Waals surface area (Å²) in [6.07, 6.45) is -6.11. The van der Waals surface area contributed by atoms with Crippen LogP contribution in [0.3, 0.4) is 0 Å². The molecule has 1 aliphatic rings. The molecule has 5 amide bonds. The zero-order valence-electron chi connectivity index (χ0n) is 28.0. The summed E-state index contributed by atoms with van der Waals surface area (Å²) in [7, 11) is 0. The molecule has 2 rings (SSSR count). The lowest BCUT2D eigenvalue weighted by Gasteiger charge is -2.29. The van der Waals surface area contributed by atoms with Crippen molar-refractivity contribution in [3.05, 3.63) is 35.9 Å². The van der Waals surface area contributed by atoms with Crippen molar-refractivity contribution in [3.8, 4) is 0 Å². The van der Waals surface area contributed by atoms with Crippen LogP contribution >= 0.6 is 0 Å². The van der Waals surface area contributed by atoms with Gasteiger partial charge in [0.2, 0.25) is 11.8 Å². The first-order valence-corrected chi connectivity index (χ1v) is 15.7. The average Bonchev–Trinajstić information content (AvgIpc) is 3.87. The number of carbonyl (C=O) groups excluding carboxylic acids is 6. The van der Waals surface area contributed by atoms with Crippen molar-refractivity contribution in [2.24, 2.45) is 5.92 Å². The molecule has 1 aromatic rings. The van der Waals surface area contributed by atoms with Crippen LogP contribution in [-0.4, -0.2) is 118 Å². The van der Waals surface area contributed by atoms with E-state index in [9.17, 15) is 53.7 Å². The van der Waals surface area contributed by atoms with Crippen molar-refractivity contribution in [2.75, 3.05) is 13.2 Å². The summed E-state index contributed by atoms with van der Waals surface area (Å²) in [6, 6.07) is 4.01. The Morgan fingerprint density at radius 1 is 0.840 bits per heavy atom. The van der Waals surface area contributed by atoms with Gasteiger partial charge in [-0.15, -0.1) is 0 Å². The van der Waals surface area contributed by atoms with Crippen molar-refractivity contribution in [1.82, 2.24) is 26.4 Å². The van der Waals surface area contributed by atoms with Crippen molar-refractivity contribution >= 4 is 47.6 Å². The summed E-state index contributed by atoms with van der Waals surface area (Å²) in [5, 5.41) is 36.2. The molecule has 0 spiro atoms. The van der Waals surface area contributed by atoms with E-state index in [1.165, 1.54) is 6.92 Å². The summed E-state index contributed by atoms with van der Waals surface area (Å²) < 4.78 is 14.9. The van der Waals surface area contributed by atoms with Crippen molar-refractivity contribution in [2.45, 2.75) is 90.0 Å². The molecule has 19 heteroatoms. The SMILES string of the molecule is CCOC(=O)[C@@H]1O[C@H]1C(=O)N(CC(=O)O)NC(=O)C(NC(=O)C(CCC(=O)O)NC(=O)C(NC(=O)OCc1ccccc1)C(C)CC)C(C)O. The second kappa shape index (κ2) is 19.6. The van der Waals surface area contributed by atoms with E-state index in [1.54, 1.807) is 44.2 Å². The Balaban J connectivity index is 2.19. The van der Waals surface area contributed by atoms with Crippen LogP contribution < -0.4 is 21.4 Å². The zero-order chi connectivity index (χ0) is 37.5. The fourth-order valence-corrected chi connectivity index (χ4v) is 4.42. The van der Waals surface area contributed by atoms with Gasteiger partial charge in [0.05, 0.1) is 12.7 Å². The lowest BCUT2D eigenvalue weighted by atomic mass is 9.97. The van der Waals surface area contributed by atoms with E-state index in [0.717, 1.165) is 6.92 Å². The van der Waals surface area contributed by atoms with Crippen LogP contribution in [0.5, 0.6) is 0 Å². The number of amides is 5. The number of aliphatic hydroxyl groups excluding tert-OH is 1. The van der Waals surface area contributed by atoms with E-state index < -0.39 is 109 Å². The van der Waals surface area contributed by atoms with Crippen LogP contribution in [0, 0.1) is 5.92 Å². The lowest BCUT2D eigenvalue weighted by Crippen LogP contribution is -2.62. The maximum Gasteiger partial charge on any atom is 0.408 e. The molecule has 0 bridgehead atoms. The highest BCUT2D eigenvalue weighted by molar-refractivity contribution is 5.97. The molecule has 0 aromatic heterocycles. The van der Waals surface area contributed by atoms with Crippen LogP contribution in [0.1, 0.15) is 52.5 Å². The first-order valence-electron chi connectivity index (χ1n) is 15.7. The van der Waals surface area contributed by atoms with Crippen LogP contribution in [0.25, 0.3) is 0 Å². The fraction of sp³-hybridized carbons (Fsp3) is 0.548. The van der Waals surface area contributed by atoms with Gasteiger partial charge in [-0.3, -0.25) is 34.2 Å². The number of hydrogen-bond acceptors (Lipinski definition) is 12. The van der Waals surface area contributed by atoms with Gasteiger partial charge < -0.3 is 45.5 Å². The maximum absolute atomic E-state index is 13.4. The average molecular weight is 710 g/mol. The molecular weight excluding hydrogens is 666 g/mol. The van der Waals surface area contributed by atoms with Gasteiger partial charge >= 0.3 is 24.0 Å². The van der Waals surface area contributed by atoms with E-state index in [-0.39, 0.29) is 13.2 Å². The Kier molecular flexibility index (Phi) is 16.1. The molecule has 0 radical (unpaired) electrons. The Hall–Kier alpha value is -5.30. The lowest BCUT2D eigenvalue weighted by molar-refractivity contribution is -0.152. The highest BCUT2D eigenvalue weighted by Gasteiger charge is 2.53. The summed E-state index contributed by atoms with van der Waals surface area (Å²) in [5.74, 6) is -8.69. The van der Waals surface area contributed by atoms with Gasteiger partial charge in [0.25, 0.3) is 11.8 Å². The van der Waals surface area contributed by atoms with Crippen molar-refractivity contribution < 1.29 is 67.9 Å². The van der Waals surface area contributed by atoms with Crippen LogP contribution in [0.4, 0.5) is 4.79 Å². The number of esters is 1. The number of hydrazine groups is 1. The largest absolute Gasteiger partial charge is 0.481 e. The summed E-state index contributed by atoms with van der Waals surface area (Å²) in [6.45, 7) is 4.78. The number of carbonyl (C=O) groups is 8. The quantitative estimate of drug-likeness (QED) is 0.0506. The molecule has 5 unspecified atom stereocenters. The zero-order valence-corrected chi connectivity index (χ0v) is 28.0. The Bertz CT molecular complexity index is 1390. The number of rotatable bonds is 19. The second-order valence-electron chi connectivity index (χ2n) is 11.3. The first-order chi connectivity index (χ1) is 23.6. The third-order valence-corrected chi connectivity index (χ3v) is 7.38. The molecule has 0 aliphatic carbocycles. The third-order valence-electron chi connectivity index (χ3n) is 7.38. The number of carboxylic acids is 2. The number of ether oxygens (including phenoxy) is 3. The second-order valence-corrected chi connectivity index (χ2v) is 11.3. The van der Waals surface area contributed by atoms with E-state index in [1.807, 2.05) is 5.43 Å². The van der Waals surface area contributed by atoms with E-state index in [4.69, 9.17) is 14.2 Å². The number of benzene rings is 1. The minimum absolute atomic E-state index is 0.0189. The van der Waals surface area contributed by atoms with E-state index in [2.05, 4.69) is 16.0 Å². The first kappa shape index (κ1) is 40.9. The monoisotopic (exact) mass is 709 g/mol. The molecule has 1 fully saturated rings. The molecule has 1 heterocycles. The maximum atomic E-state index is 13.4. The van der Waals surface area contributed by atoms with Gasteiger partial charge in [-0.25, -0.2) is 14.6 Å². The number of alkyl carbamates (subject to hydrolysis) is 1. The molecule has 276 valence electrons. The summed E-state index contributed by atoms with van der Waals surface area (Å²) >= 11 is 0. The molecule has 7 atom stereocenters. The number of aliphatic carboxylic acids is 2. The normalized spacial score (nSPS) is 17.7. The number of epoxide rings is 1. The Labute approximate surface area is 286 Å². The van der Waals surface area contributed by atoms with Crippen molar-refractivity contribution in [3.63, 3.8) is 0 Å². The number of aliphatic hydroxyl groups is 1. The highest BCUT2D eigenvalue weighted by Crippen LogP contribution is 2.25. The third kappa shape index (κ3) is 13.0. The smallest absolute Gasteiger partial charge is 0.408 e. The van der Waals surface area contributed by atoms with E-state index >= 15 is 0 Å². The minimum atomic E-state index is -1.87. The van der Waals surface area contributed by atoms with Crippen LogP contribution in [0.15, 0.2) is 30.3 Å². The highest BCUT2D eigenvalue weighted by atomic mass is 16.6. The van der Waals surface area contributed by atoms with Gasteiger partial charge in [0.15, 0.2) is 12.2 Å². The molecule has 7 N–H and O–H groups in total. The number of nitrogens with zero attached hydrogens (tertiary/aromatic N) is 1. The molecule has 50 heavy (non-hydrogen) atoms. The van der Waals surface area contributed by atoms with Gasteiger partial charge in [-0.05, 0) is 31.7 Å². The number of nitrogens with one attached hydrogen (secondary N) is 4. The van der Waals surface area contributed by atoms with Crippen LogP contribution in [0.2, 0.25) is 0 Å². The molecule has 0 saturated carbocycles. The molecule has 1 aliphatic heterocycles. The Morgan fingerprint density at radius 3 is 2.06 bits per heavy atom. The number of carboxylic acid groups (broad SMARTS) is 2.